The zero-order valence-electron chi connectivity index (χ0n) is 10.8. The van der Waals surface area contributed by atoms with E-state index in [9.17, 15) is 4.79 Å². The molecule has 1 nitrogen and oxygen atoms in total. The van der Waals surface area contributed by atoms with Crippen LogP contribution in [-0.4, -0.2) is 12.0 Å². The highest BCUT2D eigenvalue weighted by molar-refractivity contribution is 7.99. The molecule has 96 valence electrons. The topological polar surface area (TPSA) is 17.1 Å². The standard InChI is InChI=1S/C18H12OS/c19-12-15-13-20-18-9-5-4-8-17(18)16(15)11-10-14-6-2-1-3-7-14/h1-9,12H,13H2. The molecule has 0 bridgehead atoms. The molecule has 1 heterocycles. The van der Waals surface area contributed by atoms with Gasteiger partial charge in [0.2, 0.25) is 0 Å². The van der Waals surface area contributed by atoms with Crippen molar-refractivity contribution in [3.05, 3.63) is 71.3 Å². The molecule has 0 unspecified atom stereocenters. The largest absolute Gasteiger partial charge is 0.298 e. The molecule has 0 aromatic heterocycles. The van der Waals surface area contributed by atoms with Gasteiger partial charge in [0.05, 0.1) is 0 Å². The summed E-state index contributed by atoms with van der Waals surface area (Å²) in [6, 6.07) is 17.9. The summed E-state index contributed by atoms with van der Waals surface area (Å²) in [5.74, 6) is 7.02. The van der Waals surface area contributed by atoms with Crippen LogP contribution in [0.3, 0.4) is 0 Å². The minimum absolute atomic E-state index is 0.694. The van der Waals surface area contributed by atoms with Crippen molar-refractivity contribution in [3.63, 3.8) is 0 Å². The monoisotopic (exact) mass is 276 g/mol. The third-order valence-corrected chi connectivity index (χ3v) is 4.23. The lowest BCUT2D eigenvalue weighted by molar-refractivity contribution is -0.104. The van der Waals surface area contributed by atoms with E-state index in [0.29, 0.717) is 5.75 Å². The van der Waals surface area contributed by atoms with E-state index >= 15 is 0 Å². The summed E-state index contributed by atoms with van der Waals surface area (Å²) in [6.45, 7) is 0. The van der Waals surface area contributed by atoms with Crippen LogP contribution in [0.25, 0.3) is 5.57 Å². The number of fused-ring (bicyclic) bond motifs is 1. The molecule has 1 aliphatic rings. The number of aldehydes is 1. The molecule has 0 spiro atoms. The van der Waals surface area contributed by atoms with Gasteiger partial charge < -0.3 is 0 Å². The Morgan fingerprint density at radius 2 is 1.70 bits per heavy atom. The van der Waals surface area contributed by atoms with Gasteiger partial charge in [-0.1, -0.05) is 48.2 Å². The van der Waals surface area contributed by atoms with Crippen LogP contribution in [-0.2, 0) is 4.79 Å². The van der Waals surface area contributed by atoms with E-state index in [-0.39, 0.29) is 0 Å². The molecule has 0 radical (unpaired) electrons. The smallest absolute Gasteiger partial charge is 0.148 e. The first-order valence-electron chi connectivity index (χ1n) is 6.36. The van der Waals surface area contributed by atoms with Crippen LogP contribution in [0.5, 0.6) is 0 Å². The highest BCUT2D eigenvalue weighted by atomic mass is 32.2. The van der Waals surface area contributed by atoms with Gasteiger partial charge in [-0.3, -0.25) is 4.79 Å². The van der Waals surface area contributed by atoms with E-state index in [4.69, 9.17) is 0 Å². The molecular weight excluding hydrogens is 264 g/mol. The maximum Gasteiger partial charge on any atom is 0.148 e. The summed E-state index contributed by atoms with van der Waals surface area (Å²) in [5.41, 5.74) is 3.66. The number of rotatable bonds is 1. The van der Waals surface area contributed by atoms with Gasteiger partial charge in [-0.25, -0.2) is 0 Å². The average Bonchev–Trinajstić information content (AvgIpc) is 2.53. The molecule has 0 aliphatic carbocycles. The summed E-state index contributed by atoms with van der Waals surface area (Å²) in [6.07, 6.45) is 0.929. The maximum atomic E-state index is 11.3. The number of hydrogen-bond donors (Lipinski definition) is 0. The molecule has 2 aromatic rings. The third-order valence-electron chi connectivity index (χ3n) is 3.11. The van der Waals surface area contributed by atoms with Crippen molar-refractivity contribution < 1.29 is 4.79 Å². The molecular formula is C18H12OS. The zero-order chi connectivity index (χ0) is 13.8. The zero-order valence-corrected chi connectivity index (χ0v) is 11.6. The molecule has 2 heteroatoms. The second kappa shape index (κ2) is 5.81. The summed E-state index contributed by atoms with van der Waals surface area (Å²) < 4.78 is 0. The van der Waals surface area contributed by atoms with Gasteiger partial charge in [0, 0.05) is 32.9 Å². The predicted molar refractivity (Wildman–Crippen MR) is 83.5 cm³/mol. The quantitative estimate of drug-likeness (QED) is 0.582. The molecule has 0 saturated carbocycles. The highest BCUT2D eigenvalue weighted by Gasteiger charge is 2.17. The second-order valence-electron chi connectivity index (χ2n) is 4.42. The van der Waals surface area contributed by atoms with Crippen molar-refractivity contribution in [2.45, 2.75) is 4.90 Å². The molecule has 1 aliphatic heterocycles. The first-order valence-corrected chi connectivity index (χ1v) is 7.34. The van der Waals surface area contributed by atoms with Crippen LogP contribution < -0.4 is 0 Å². The number of benzene rings is 2. The van der Waals surface area contributed by atoms with Gasteiger partial charge in [-0.05, 0) is 18.2 Å². The van der Waals surface area contributed by atoms with Crippen LogP contribution in [0.15, 0.2) is 65.1 Å². The van der Waals surface area contributed by atoms with Crippen LogP contribution >= 0.6 is 11.8 Å². The third kappa shape index (κ3) is 2.54. The number of carbonyl (C=O) groups is 1. The number of allylic oxidation sites excluding steroid dienone is 1. The maximum absolute atomic E-state index is 11.3. The number of carbonyl (C=O) groups excluding carboxylic acids is 1. The van der Waals surface area contributed by atoms with Gasteiger partial charge in [-0.2, -0.15) is 0 Å². The SMILES string of the molecule is O=CC1=C(C#Cc2ccccc2)c2ccccc2SC1. The Morgan fingerprint density at radius 3 is 2.50 bits per heavy atom. The molecule has 2 aromatic carbocycles. The fourth-order valence-corrected chi connectivity index (χ4v) is 3.12. The van der Waals surface area contributed by atoms with Crippen molar-refractivity contribution >= 4 is 23.6 Å². The number of hydrogen-bond acceptors (Lipinski definition) is 2. The summed E-state index contributed by atoms with van der Waals surface area (Å²) in [5, 5.41) is 0. The minimum Gasteiger partial charge on any atom is -0.298 e. The van der Waals surface area contributed by atoms with E-state index in [1.807, 2.05) is 48.5 Å². The van der Waals surface area contributed by atoms with E-state index in [2.05, 4.69) is 17.9 Å². The van der Waals surface area contributed by atoms with Gasteiger partial charge in [0.15, 0.2) is 0 Å². The molecule has 0 atom stereocenters. The predicted octanol–water partition coefficient (Wildman–Crippen LogP) is 3.80. The van der Waals surface area contributed by atoms with E-state index in [1.165, 1.54) is 4.90 Å². The van der Waals surface area contributed by atoms with Gasteiger partial charge in [0.25, 0.3) is 0 Å². The normalized spacial score (nSPS) is 13.2. The van der Waals surface area contributed by atoms with Crippen LogP contribution in [0.1, 0.15) is 11.1 Å². The summed E-state index contributed by atoms with van der Waals surface area (Å²) in [4.78, 5) is 12.4. The fourth-order valence-electron chi connectivity index (χ4n) is 2.10. The van der Waals surface area contributed by atoms with Gasteiger partial charge >= 0.3 is 0 Å². The van der Waals surface area contributed by atoms with E-state index in [1.54, 1.807) is 11.8 Å². The molecule has 0 amide bonds. The Morgan fingerprint density at radius 1 is 0.950 bits per heavy atom. The number of thioether (sulfide) groups is 1. The van der Waals surface area contributed by atoms with Crippen LogP contribution in [0, 0.1) is 11.8 Å². The first-order chi connectivity index (χ1) is 9.88. The van der Waals surface area contributed by atoms with Crippen LogP contribution in [0.4, 0.5) is 0 Å². The average molecular weight is 276 g/mol. The van der Waals surface area contributed by atoms with E-state index in [0.717, 1.165) is 28.6 Å². The van der Waals surface area contributed by atoms with Gasteiger partial charge in [0.1, 0.15) is 6.29 Å². The Bertz CT molecular complexity index is 733. The Hall–Kier alpha value is -2.24. The van der Waals surface area contributed by atoms with Crippen molar-refractivity contribution in [1.82, 2.24) is 0 Å². The Labute approximate surface area is 122 Å². The van der Waals surface area contributed by atoms with Crippen molar-refractivity contribution in [3.8, 4) is 11.8 Å². The summed E-state index contributed by atoms with van der Waals surface area (Å²) in [7, 11) is 0. The van der Waals surface area contributed by atoms with E-state index < -0.39 is 0 Å². The lowest BCUT2D eigenvalue weighted by Gasteiger charge is -2.16. The molecule has 0 saturated heterocycles. The van der Waals surface area contributed by atoms with Crippen molar-refractivity contribution in [2.75, 3.05) is 5.75 Å². The highest BCUT2D eigenvalue weighted by Crippen LogP contribution is 2.36. The molecule has 20 heavy (non-hydrogen) atoms. The molecule has 0 N–H and O–H groups in total. The minimum atomic E-state index is 0.694. The van der Waals surface area contributed by atoms with Crippen LogP contribution in [0.2, 0.25) is 0 Å². The van der Waals surface area contributed by atoms with Gasteiger partial charge in [-0.15, -0.1) is 11.8 Å². The van der Waals surface area contributed by atoms with Crippen molar-refractivity contribution in [2.24, 2.45) is 0 Å². The molecule has 0 fully saturated rings. The Kier molecular flexibility index (Phi) is 3.71. The lowest BCUT2D eigenvalue weighted by Crippen LogP contribution is -2.02. The Balaban J connectivity index is 2.08. The van der Waals surface area contributed by atoms with Crippen molar-refractivity contribution in [1.29, 1.82) is 0 Å². The molecule has 3 rings (SSSR count). The fraction of sp³-hybridized carbons (Fsp3) is 0.0556. The first kappa shape index (κ1) is 12.8. The summed E-state index contributed by atoms with van der Waals surface area (Å²) >= 11 is 1.69. The second-order valence-corrected chi connectivity index (χ2v) is 5.44. The lowest BCUT2D eigenvalue weighted by atomic mass is 10.0.